The van der Waals surface area contributed by atoms with Crippen molar-refractivity contribution in [3.63, 3.8) is 0 Å². The second-order valence-electron chi connectivity index (χ2n) is 5.43. The zero-order chi connectivity index (χ0) is 18.5. The van der Waals surface area contributed by atoms with Gasteiger partial charge in [-0.1, -0.05) is 41.7 Å². The van der Waals surface area contributed by atoms with Gasteiger partial charge in [-0.3, -0.25) is 4.72 Å². The van der Waals surface area contributed by atoms with Crippen molar-refractivity contribution in [1.82, 2.24) is 4.98 Å². The molecule has 4 nitrogen and oxygen atoms in total. The van der Waals surface area contributed by atoms with E-state index in [0.29, 0.717) is 17.6 Å². The van der Waals surface area contributed by atoms with Crippen molar-refractivity contribution in [2.75, 3.05) is 4.72 Å². The van der Waals surface area contributed by atoms with Crippen LogP contribution in [0.4, 0.5) is 18.3 Å². The molecule has 9 heteroatoms. The highest BCUT2D eigenvalue weighted by atomic mass is 32.2. The summed E-state index contributed by atoms with van der Waals surface area (Å²) in [4.78, 5) is 3.27. The molecule has 0 unspecified atom stereocenters. The molecule has 0 radical (unpaired) electrons. The van der Waals surface area contributed by atoms with Crippen molar-refractivity contribution in [2.45, 2.75) is 4.90 Å². The number of benzene rings is 3. The van der Waals surface area contributed by atoms with E-state index in [1.807, 2.05) is 30.3 Å². The molecule has 132 valence electrons. The van der Waals surface area contributed by atoms with Gasteiger partial charge in [0.25, 0.3) is 10.0 Å². The van der Waals surface area contributed by atoms with E-state index in [9.17, 15) is 21.6 Å². The van der Waals surface area contributed by atoms with Gasteiger partial charge in [0, 0.05) is 5.39 Å². The van der Waals surface area contributed by atoms with Crippen molar-refractivity contribution >= 4 is 47.5 Å². The predicted octanol–water partition coefficient (Wildman–Crippen LogP) is 4.67. The Bertz CT molecular complexity index is 1270. The minimum Gasteiger partial charge on any atom is -0.255 e. The van der Waals surface area contributed by atoms with Crippen molar-refractivity contribution in [2.24, 2.45) is 0 Å². The minimum atomic E-state index is -4.47. The van der Waals surface area contributed by atoms with Crippen molar-refractivity contribution in [3.05, 3.63) is 66.0 Å². The standard InChI is InChI=1S/C17H9F3N2O2S2/c18-11-6-8-13(15(20)14(11)19)26(23,24)22-17-21-16-10-4-2-1-3-9(10)5-7-12(16)25-17/h1-8H,(H,21,22). The fourth-order valence-corrected chi connectivity index (χ4v) is 4.78. The highest BCUT2D eigenvalue weighted by molar-refractivity contribution is 7.93. The Morgan fingerprint density at radius 1 is 0.923 bits per heavy atom. The number of rotatable bonds is 3. The summed E-state index contributed by atoms with van der Waals surface area (Å²) >= 11 is 1.06. The summed E-state index contributed by atoms with van der Waals surface area (Å²) in [5.74, 6) is -5.08. The zero-order valence-electron chi connectivity index (χ0n) is 12.8. The number of nitrogens with one attached hydrogen (secondary N) is 1. The Morgan fingerprint density at radius 2 is 1.69 bits per heavy atom. The first-order chi connectivity index (χ1) is 12.4. The maximum absolute atomic E-state index is 13.8. The molecule has 4 aromatic rings. The summed E-state index contributed by atoms with van der Waals surface area (Å²) in [5.41, 5.74) is 0.594. The van der Waals surface area contributed by atoms with E-state index in [2.05, 4.69) is 9.71 Å². The van der Waals surface area contributed by atoms with Gasteiger partial charge in [0.2, 0.25) is 0 Å². The van der Waals surface area contributed by atoms with E-state index in [1.54, 1.807) is 6.07 Å². The highest BCUT2D eigenvalue weighted by Crippen LogP contribution is 2.33. The van der Waals surface area contributed by atoms with Crippen LogP contribution in [0.15, 0.2) is 53.4 Å². The molecule has 0 bridgehead atoms. The third kappa shape index (κ3) is 2.69. The number of nitrogens with zero attached hydrogens (tertiary/aromatic N) is 1. The fourth-order valence-electron chi connectivity index (χ4n) is 2.59. The van der Waals surface area contributed by atoms with Crippen LogP contribution in [-0.2, 0) is 10.0 Å². The van der Waals surface area contributed by atoms with Crippen LogP contribution in [0.3, 0.4) is 0 Å². The number of thiazole rings is 1. The number of aromatic nitrogens is 1. The number of anilines is 1. The number of fused-ring (bicyclic) bond motifs is 3. The maximum atomic E-state index is 13.8. The van der Waals surface area contributed by atoms with Crippen LogP contribution in [0.1, 0.15) is 0 Å². The first kappa shape index (κ1) is 16.8. The molecule has 0 saturated carbocycles. The highest BCUT2D eigenvalue weighted by Gasteiger charge is 2.25. The molecule has 1 heterocycles. The summed E-state index contributed by atoms with van der Waals surface area (Å²) in [7, 11) is -4.47. The molecule has 0 fully saturated rings. The van der Waals surface area contributed by atoms with Crippen molar-refractivity contribution in [1.29, 1.82) is 0 Å². The van der Waals surface area contributed by atoms with E-state index >= 15 is 0 Å². The molecule has 26 heavy (non-hydrogen) atoms. The van der Waals surface area contributed by atoms with E-state index in [0.717, 1.165) is 26.8 Å². The van der Waals surface area contributed by atoms with Gasteiger partial charge in [-0.05, 0) is 23.6 Å². The minimum absolute atomic E-state index is 0.000450. The van der Waals surface area contributed by atoms with Crippen LogP contribution < -0.4 is 4.72 Å². The molecule has 1 aromatic heterocycles. The quantitative estimate of drug-likeness (QED) is 0.514. The van der Waals surface area contributed by atoms with Gasteiger partial charge in [0.15, 0.2) is 22.6 Å². The summed E-state index contributed by atoms with van der Waals surface area (Å²) in [6.45, 7) is 0. The number of halogens is 3. The largest absolute Gasteiger partial charge is 0.266 e. The van der Waals surface area contributed by atoms with Crippen LogP contribution in [0.25, 0.3) is 21.0 Å². The van der Waals surface area contributed by atoms with Crippen LogP contribution in [-0.4, -0.2) is 13.4 Å². The SMILES string of the molecule is O=S(=O)(Nc1nc2c(ccc3ccccc32)s1)c1ccc(F)c(F)c1F. The smallest absolute Gasteiger partial charge is 0.255 e. The Morgan fingerprint density at radius 3 is 2.50 bits per heavy atom. The van der Waals surface area contributed by atoms with Crippen LogP contribution >= 0.6 is 11.3 Å². The van der Waals surface area contributed by atoms with Gasteiger partial charge in [0.1, 0.15) is 4.90 Å². The lowest BCUT2D eigenvalue weighted by Gasteiger charge is -2.06. The predicted molar refractivity (Wildman–Crippen MR) is 94.3 cm³/mol. The third-order valence-corrected chi connectivity index (χ3v) is 6.22. The van der Waals surface area contributed by atoms with E-state index in [-0.39, 0.29) is 5.13 Å². The average molecular weight is 394 g/mol. The summed E-state index contributed by atoms with van der Waals surface area (Å²) < 4.78 is 67.8. The van der Waals surface area contributed by atoms with Gasteiger partial charge in [-0.2, -0.15) is 0 Å². The Labute approximate surface area is 150 Å². The average Bonchev–Trinajstić information content (AvgIpc) is 3.01. The molecule has 0 aliphatic carbocycles. The molecule has 0 spiro atoms. The summed E-state index contributed by atoms with van der Waals surface area (Å²) in [6.07, 6.45) is 0. The lowest BCUT2D eigenvalue weighted by molar-refractivity contribution is 0.432. The fraction of sp³-hybridized carbons (Fsp3) is 0. The molecule has 3 aromatic carbocycles. The Kier molecular flexibility index (Phi) is 3.85. The van der Waals surface area contributed by atoms with Crippen LogP contribution in [0.2, 0.25) is 0 Å². The molecule has 0 aliphatic heterocycles. The van der Waals surface area contributed by atoms with Crippen LogP contribution in [0.5, 0.6) is 0 Å². The van der Waals surface area contributed by atoms with Crippen molar-refractivity contribution < 1.29 is 21.6 Å². The van der Waals surface area contributed by atoms with Gasteiger partial charge in [-0.15, -0.1) is 0 Å². The molecular formula is C17H9F3N2O2S2. The van der Waals surface area contributed by atoms with E-state index in [1.165, 1.54) is 0 Å². The normalized spacial score (nSPS) is 12.0. The Hall–Kier alpha value is -2.65. The number of sulfonamides is 1. The molecule has 0 atom stereocenters. The lowest BCUT2D eigenvalue weighted by Crippen LogP contribution is -2.15. The van der Waals surface area contributed by atoms with Gasteiger partial charge in [-0.25, -0.2) is 26.6 Å². The number of hydrogen-bond donors (Lipinski definition) is 1. The first-order valence-electron chi connectivity index (χ1n) is 7.31. The molecule has 4 rings (SSSR count). The van der Waals surface area contributed by atoms with Crippen LogP contribution in [0, 0.1) is 17.5 Å². The molecule has 1 N–H and O–H groups in total. The first-order valence-corrected chi connectivity index (χ1v) is 9.61. The summed E-state index contributed by atoms with van der Waals surface area (Å²) in [6, 6.07) is 12.4. The van der Waals surface area contributed by atoms with E-state index < -0.39 is 32.4 Å². The van der Waals surface area contributed by atoms with Gasteiger partial charge in [0.05, 0.1) is 10.2 Å². The number of hydrogen-bond acceptors (Lipinski definition) is 4. The van der Waals surface area contributed by atoms with Crippen molar-refractivity contribution in [3.8, 4) is 0 Å². The monoisotopic (exact) mass is 394 g/mol. The third-order valence-electron chi connectivity index (χ3n) is 3.79. The second-order valence-corrected chi connectivity index (χ2v) is 8.11. The van der Waals surface area contributed by atoms with E-state index in [4.69, 9.17) is 0 Å². The second kappa shape index (κ2) is 5.96. The molecule has 0 aliphatic rings. The Balaban J connectivity index is 1.79. The molecular weight excluding hydrogens is 385 g/mol. The van der Waals surface area contributed by atoms with Gasteiger partial charge < -0.3 is 0 Å². The zero-order valence-corrected chi connectivity index (χ0v) is 14.5. The molecule has 0 saturated heterocycles. The maximum Gasteiger partial charge on any atom is 0.266 e. The molecule has 0 amide bonds. The van der Waals surface area contributed by atoms with Gasteiger partial charge >= 0.3 is 0 Å². The topological polar surface area (TPSA) is 59.1 Å². The lowest BCUT2D eigenvalue weighted by atomic mass is 10.1. The summed E-state index contributed by atoms with van der Waals surface area (Å²) in [5, 5.41) is 1.78.